The van der Waals surface area contributed by atoms with Crippen LogP contribution >= 0.6 is 15.9 Å². The molecule has 0 atom stereocenters. The number of aromatic nitrogens is 2. The summed E-state index contributed by atoms with van der Waals surface area (Å²) in [4.78, 5) is 0. The molecule has 120 valence electrons. The Hall–Kier alpha value is -1.18. The van der Waals surface area contributed by atoms with Gasteiger partial charge in [-0.15, -0.1) is 0 Å². The van der Waals surface area contributed by atoms with E-state index in [2.05, 4.69) is 26.3 Å². The minimum Gasteiger partial charge on any atom is -0.312 e. The summed E-state index contributed by atoms with van der Waals surface area (Å²) in [6.07, 6.45) is 1.25. The van der Waals surface area contributed by atoms with Gasteiger partial charge in [-0.1, -0.05) is 15.9 Å². The van der Waals surface area contributed by atoms with E-state index < -0.39 is 9.84 Å². The van der Waals surface area contributed by atoms with Gasteiger partial charge in [0.15, 0.2) is 0 Å². The number of hydrogen-bond donors (Lipinski definition) is 1. The smallest absolute Gasteiger partial charge is 0.148 e. The first-order valence-electron chi connectivity index (χ1n) is 6.97. The highest BCUT2D eigenvalue weighted by molar-refractivity contribution is 9.10. The van der Waals surface area contributed by atoms with Gasteiger partial charge in [0.25, 0.3) is 0 Å². The molecule has 1 aromatic heterocycles. The van der Waals surface area contributed by atoms with E-state index in [9.17, 15) is 8.42 Å². The lowest BCUT2D eigenvalue weighted by atomic mass is 10.2. The first kappa shape index (κ1) is 17.2. The van der Waals surface area contributed by atoms with Gasteiger partial charge in [0.2, 0.25) is 0 Å². The van der Waals surface area contributed by atoms with Crippen LogP contribution in [0.25, 0.3) is 5.69 Å². The second-order valence-electron chi connectivity index (χ2n) is 5.34. The molecule has 2 rings (SSSR count). The number of aryl methyl sites for hydroxylation is 1. The van der Waals surface area contributed by atoms with Crippen LogP contribution in [0.1, 0.15) is 17.0 Å². The standard InChI is InChI=1S/C15H20BrN3O2S/c1-11-15(10-17-8-9-22(3,20)21)12(2)19(18-11)14-6-4-13(16)5-7-14/h4-7,17H,8-10H2,1-3H3. The molecule has 0 aliphatic rings. The Morgan fingerprint density at radius 3 is 2.45 bits per heavy atom. The molecule has 1 heterocycles. The maximum Gasteiger partial charge on any atom is 0.148 e. The van der Waals surface area contributed by atoms with Crippen LogP contribution in [0, 0.1) is 13.8 Å². The Morgan fingerprint density at radius 1 is 1.23 bits per heavy atom. The van der Waals surface area contributed by atoms with Crippen LogP contribution in [-0.4, -0.2) is 36.8 Å². The molecule has 0 aliphatic heterocycles. The molecule has 0 aliphatic carbocycles. The third-order valence-corrected chi connectivity index (χ3v) is 4.94. The van der Waals surface area contributed by atoms with E-state index in [4.69, 9.17) is 0 Å². The molecule has 0 radical (unpaired) electrons. The molecule has 7 heteroatoms. The number of rotatable bonds is 6. The second kappa shape index (κ2) is 6.93. The number of nitrogens with one attached hydrogen (secondary N) is 1. The van der Waals surface area contributed by atoms with Gasteiger partial charge in [-0.25, -0.2) is 13.1 Å². The molecule has 0 amide bonds. The van der Waals surface area contributed by atoms with Gasteiger partial charge >= 0.3 is 0 Å². The SMILES string of the molecule is Cc1nn(-c2ccc(Br)cc2)c(C)c1CNCCS(C)(=O)=O. The van der Waals surface area contributed by atoms with Gasteiger partial charge < -0.3 is 5.32 Å². The van der Waals surface area contributed by atoms with Crippen molar-refractivity contribution in [3.8, 4) is 5.69 Å². The van der Waals surface area contributed by atoms with Crippen molar-refractivity contribution >= 4 is 25.8 Å². The first-order chi connectivity index (χ1) is 10.3. The van der Waals surface area contributed by atoms with Gasteiger partial charge in [-0.05, 0) is 38.1 Å². The quantitative estimate of drug-likeness (QED) is 0.775. The Kier molecular flexibility index (Phi) is 5.41. The molecular weight excluding hydrogens is 366 g/mol. The second-order valence-corrected chi connectivity index (χ2v) is 8.52. The van der Waals surface area contributed by atoms with Crippen LogP contribution in [0.2, 0.25) is 0 Å². The Labute approximate surface area is 139 Å². The van der Waals surface area contributed by atoms with Crippen LogP contribution in [-0.2, 0) is 16.4 Å². The zero-order valence-corrected chi connectivity index (χ0v) is 15.3. The van der Waals surface area contributed by atoms with E-state index in [-0.39, 0.29) is 5.75 Å². The van der Waals surface area contributed by atoms with Crippen molar-refractivity contribution in [1.29, 1.82) is 0 Å². The summed E-state index contributed by atoms with van der Waals surface area (Å²) in [5.74, 6) is 0.145. The van der Waals surface area contributed by atoms with Gasteiger partial charge in [0.05, 0.1) is 17.1 Å². The predicted molar refractivity (Wildman–Crippen MR) is 92.2 cm³/mol. The minimum atomic E-state index is -2.93. The zero-order chi connectivity index (χ0) is 16.3. The topological polar surface area (TPSA) is 64.0 Å². The molecule has 0 fully saturated rings. The van der Waals surface area contributed by atoms with Crippen LogP contribution in [0.3, 0.4) is 0 Å². The number of benzene rings is 1. The van der Waals surface area contributed by atoms with Crippen molar-refractivity contribution in [3.63, 3.8) is 0 Å². The van der Waals surface area contributed by atoms with E-state index in [1.54, 1.807) is 0 Å². The number of halogens is 1. The normalized spacial score (nSPS) is 11.8. The van der Waals surface area contributed by atoms with Gasteiger partial charge in [-0.3, -0.25) is 0 Å². The lowest BCUT2D eigenvalue weighted by molar-refractivity contribution is 0.596. The first-order valence-corrected chi connectivity index (χ1v) is 9.83. The van der Waals surface area contributed by atoms with Crippen LogP contribution in [0.15, 0.2) is 28.7 Å². The Morgan fingerprint density at radius 2 is 1.86 bits per heavy atom. The van der Waals surface area contributed by atoms with Gasteiger partial charge in [0.1, 0.15) is 9.84 Å². The Bertz CT molecular complexity index is 752. The summed E-state index contributed by atoms with van der Waals surface area (Å²) in [6, 6.07) is 7.97. The lowest BCUT2D eigenvalue weighted by Crippen LogP contribution is -2.22. The summed E-state index contributed by atoms with van der Waals surface area (Å²) < 4.78 is 25.2. The summed E-state index contributed by atoms with van der Waals surface area (Å²) in [5.41, 5.74) is 4.13. The summed E-state index contributed by atoms with van der Waals surface area (Å²) in [7, 11) is -2.93. The van der Waals surface area contributed by atoms with Crippen molar-refractivity contribution in [2.45, 2.75) is 20.4 Å². The fourth-order valence-electron chi connectivity index (χ4n) is 2.24. The number of hydrogen-bond acceptors (Lipinski definition) is 4. The number of sulfone groups is 1. The molecule has 5 nitrogen and oxygen atoms in total. The highest BCUT2D eigenvalue weighted by Crippen LogP contribution is 2.19. The van der Waals surface area contributed by atoms with Crippen LogP contribution < -0.4 is 5.32 Å². The Balaban J connectivity index is 2.12. The number of nitrogens with zero attached hydrogens (tertiary/aromatic N) is 2. The fraction of sp³-hybridized carbons (Fsp3) is 0.400. The van der Waals surface area contributed by atoms with Gasteiger partial charge in [0, 0.05) is 35.1 Å². The van der Waals surface area contributed by atoms with Crippen LogP contribution in [0.4, 0.5) is 0 Å². The van der Waals surface area contributed by atoms with Crippen molar-refractivity contribution in [2.24, 2.45) is 0 Å². The summed E-state index contributed by atoms with van der Waals surface area (Å²) >= 11 is 3.43. The molecule has 1 N–H and O–H groups in total. The highest BCUT2D eigenvalue weighted by Gasteiger charge is 2.12. The predicted octanol–water partition coefficient (Wildman–Crippen LogP) is 2.39. The van der Waals surface area contributed by atoms with E-state index in [1.807, 2.05) is 42.8 Å². The summed E-state index contributed by atoms with van der Waals surface area (Å²) in [6.45, 7) is 5.05. The molecule has 0 unspecified atom stereocenters. The van der Waals surface area contributed by atoms with Gasteiger partial charge in [-0.2, -0.15) is 5.10 Å². The largest absolute Gasteiger partial charge is 0.312 e. The highest BCUT2D eigenvalue weighted by atomic mass is 79.9. The van der Waals surface area contributed by atoms with E-state index in [0.717, 1.165) is 27.1 Å². The fourth-order valence-corrected chi connectivity index (χ4v) is 3.01. The lowest BCUT2D eigenvalue weighted by Gasteiger charge is -2.07. The molecule has 0 bridgehead atoms. The minimum absolute atomic E-state index is 0.145. The maximum absolute atomic E-state index is 11.1. The monoisotopic (exact) mass is 385 g/mol. The van der Waals surface area contributed by atoms with Crippen molar-refractivity contribution in [1.82, 2.24) is 15.1 Å². The van der Waals surface area contributed by atoms with Crippen molar-refractivity contribution in [3.05, 3.63) is 45.7 Å². The molecule has 1 aromatic carbocycles. The molecular formula is C15H20BrN3O2S. The van der Waals surface area contributed by atoms with Crippen LogP contribution in [0.5, 0.6) is 0 Å². The molecule has 2 aromatic rings. The van der Waals surface area contributed by atoms with E-state index >= 15 is 0 Å². The van der Waals surface area contributed by atoms with E-state index in [0.29, 0.717) is 13.1 Å². The third kappa shape index (κ3) is 4.41. The average molecular weight is 386 g/mol. The third-order valence-electron chi connectivity index (χ3n) is 3.46. The van der Waals surface area contributed by atoms with Crippen molar-refractivity contribution in [2.75, 3.05) is 18.6 Å². The van der Waals surface area contributed by atoms with E-state index in [1.165, 1.54) is 6.26 Å². The average Bonchev–Trinajstić information content (AvgIpc) is 2.71. The molecule has 0 spiro atoms. The van der Waals surface area contributed by atoms with Crippen molar-refractivity contribution < 1.29 is 8.42 Å². The summed E-state index contributed by atoms with van der Waals surface area (Å²) in [5, 5.41) is 7.75. The molecule has 0 saturated carbocycles. The maximum atomic E-state index is 11.1. The zero-order valence-electron chi connectivity index (χ0n) is 12.9. The molecule has 0 saturated heterocycles. The molecule has 22 heavy (non-hydrogen) atoms.